The molecule has 2 aliphatic rings. The number of ether oxygens (including phenoxy) is 2. The Bertz CT molecular complexity index is 1390. The topological polar surface area (TPSA) is 96.9 Å². The monoisotopic (exact) mass is 547 g/mol. The molecule has 1 fully saturated rings. The smallest absolute Gasteiger partial charge is 0.410 e. The van der Waals surface area contributed by atoms with Crippen LogP contribution in [0, 0.1) is 13.8 Å². The summed E-state index contributed by atoms with van der Waals surface area (Å²) in [6.45, 7) is 10.8. The molecule has 1 N–H and O–H groups in total. The summed E-state index contributed by atoms with van der Waals surface area (Å²) in [5, 5.41) is 0. The van der Waals surface area contributed by atoms with Gasteiger partial charge in [0.2, 0.25) is 11.8 Å². The summed E-state index contributed by atoms with van der Waals surface area (Å²) in [6.07, 6.45) is -0.972. The van der Waals surface area contributed by atoms with E-state index >= 15 is 0 Å². The van der Waals surface area contributed by atoms with E-state index in [9.17, 15) is 9.59 Å². The number of benzene rings is 2. The van der Waals surface area contributed by atoms with Crippen LogP contribution in [0.5, 0.6) is 5.88 Å². The number of carbonyl (C=O) groups is 2. The number of nitrogens with one attached hydrogen (secondary N) is 1. The van der Waals surface area contributed by atoms with Crippen LogP contribution in [-0.2, 0) is 4.74 Å². The van der Waals surface area contributed by atoms with Gasteiger partial charge in [0.05, 0.1) is 18.8 Å². The van der Waals surface area contributed by atoms with Crippen LogP contribution in [0.25, 0.3) is 11.3 Å². The lowest BCUT2D eigenvalue weighted by atomic mass is 10.00. The van der Waals surface area contributed by atoms with Crippen molar-refractivity contribution in [3.05, 3.63) is 65.2 Å². The number of hydrogen-bond acceptors (Lipinski definition) is 8. The fourth-order valence-corrected chi connectivity index (χ4v) is 5.39. The van der Waals surface area contributed by atoms with E-state index < -0.39 is 17.8 Å². The summed E-state index contributed by atoms with van der Waals surface area (Å²) in [6, 6.07) is 15.4. The lowest BCUT2D eigenvalue weighted by Crippen LogP contribution is -2.43. The van der Waals surface area contributed by atoms with Gasteiger partial charge in [-0.25, -0.2) is 9.78 Å². The van der Waals surface area contributed by atoms with E-state index in [0.29, 0.717) is 37.0 Å². The Balaban J connectivity index is 1.57. The molecule has 1 aromatic heterocycles. The van der Waals surface area contributed by atoms with Gasteiger partial charge >= 0.3 is 6.09 Å². The Morgan fingerprint density at radius 3 is 2.54 bits per heavy atom. The van der Waals surface area contributed by atoms with Gasteiger partial charge in [0, 0.05) is 35.2 Å². The third kappa shape index (κ3) is 6.27. The molecule has 10 heteroatoms. The molecule has 0 saturated carbocycles. The van der Waals surface area contributed by atoms with Crippen molar-refractivity contribution in [1.82, 2.24) is 19.8 Å². The summed E-state index contributed by atoms with van der Waals surface area (Å²) < 4.78 is 15.3. The van der Waals surface area contributed by atoms with Crippen molar-refractivity contribution in [2.75, 3.05) is 30.9 Å². The second kappa shape index (κ2) is 10.8. The first-order valence-electron chi connectivity index (χ1n) is 13.0. The number of aryl methyl sites for hydroxylation is 2. The minimum Gasteiger partial charge on any atom is -0.470 e. The quantitative estimate of drug-likeness (QED) is 0.408. The molecule has 9 nitrogen and oxygen atoms in total. The van der Waals surface area contributed by atoms with Crippen LogP contribution >= 0.6 is 11.9 Å². The fourth-order valence-electron chi connectivity index (χ4n) is 4.75. The summed E-state index contributed by atoms with van der Waals surface area (Å²) in [4.78, 5) is 40.2. The standard InChI is InChI=1S/C29H33N5O4S/c1-18-8-6-9-19(2)25(18)23-15-24-31-27(30-23)32-39-22-11-7-10-20(14-22)26(35)33-12-13-34(17-21(16-33)37-24)28(36)38-29(3,4)5/h6-11,14-15,21H,12-13,16-17H2,1-5H3,(H,30,31,32)/t21-/m1/s1. The van der Waals surface area contributed by atoms with E-state index in [-0.39, 0.29) is 12.5 Å². The van der Waals surface area contributed by atoms with Crippen molar-refractivity contribution in [2.24, 2.45) is 0 Å². The molecule has 0 radical (unpaired) electrons. The highest BCUT2D eigenvalue weighted by Gasteiger charge is 2.32. The van der Waals surface area contributed by atoms with E-state index in [1.165, 1.54) is 11.9 Å². The molecular weight excluding hydrogens is 514 g/mol. The first-order chi connectivity index (χ1) is 18.6. The summed E-state index contributed by atoms with van der Waals surface area (Å²) >= 11 is 1.34. The van der Waals surface area contributed by atoms with E-state index in [1.54, 1.807) is 15.9 Å². The second-order valence-electron chi connectivity index (χ2n) is 10.8. The molecule has 3 aromatic rings. The van der Waals surface area contributed by atoms with Crippen LogP contribution in [0.4, 0.5) is 10.7 Å². The van der Waals surface area contributed by atoms with Crippen LogP contribution in [0.15, 0.2) is 53.4 Å². The minimum atomic E-state index is -0.641. The number of fused-ring (bicyclic) bond motifs is 6. The molecule has 2 aromatic carbocycles. The summed E-state index contributed by atoms with van der Waals surface area (Å²) in [5.41, 5.74) is 3.84. The Morgan fingerprint density at radius 1 is 1.05 bits per heavy atom. The molecule has 0 aliphatic carbocycles. The number of anilines is 1. The molecular formula is C29H33N5O4S. The average Bonchev–Trinajstić information content (AvgIpc) is 3.08. The van der Waals surface area contributed by atoms with Crippen molar-refractivity contribution in [1.29, 1.82) is 0 Å². The van der Waals surface area contributed by atoms with Crippen molar-refractivity contribution >= 4 is 29.9 Å². The molecule has 0 unspecified atom stereocenters. The molecule has 2 amide bonds. The van der Waals surface area contributed by atoms with Crippen LogP contribution in [0.1, 0.15) is 42.3 Å². The van der Waals surface area contributed by atoms with Gasteiger partial charge in [0.15, 0.2) is 0 Å². The molecule has 3 heterocycles. The van der Waals surface area contributed by atoms with Gasteiger partial charge < -0.3 is 19.3 Å². The second-order valence-corrected chi connectivity index (χ2v) is 11.7. The zero-order valence-electron chi connectivity index (χ0n) is 22.9. The fraction of sp³-hybridized carbons (Fsp3) is 0.379. The van der Waals surface area contributed by atoms with Gasteiger partial charge in [-0.15, -0.1) is 0 Å². The lowest BCUT2D eigenvalue weighted by molar-refractivity contribution is 0.0201. The molecule has 204 valence electrons. The normalized spacial score (nSPS) is 17.6. The van der Waals surface area contributed by atoms with E-state index in [4.69, 9.17) is 14.5 Å². The summed E-state index contributed by atoms with van der Waals surface area (Å²) in [5.74, 6) is 0.631. The van der Waals surface area contributed by atoms with Crippen LogP contribution in [0.2, 0.25) is 0 Å². The number of nitrogens with zero attached hydrogens (tertiary/aromatic N) is 4. The molecule has 6 bridgehead atoms. The van der Waals surface area contributed by atoms with Gasteiger partial charge in [-0.2, -0.15) is 4.98 Å². The van der Waals surface area contributed by atoms with Crippen LogP contribution in [-0.4, -0.2) is 69.7 Å². The van der Waals surface area contributed by atoms with E-state index in [2.05, 4.69) is 9.71 Å². The highest BCUT2D eigenvalue weighted by atomic mass is 32.2. The molecule has 2 aliphatic heterocycles. The molecule has 1 saturated heterocycles. The third-order valence-corrected chi connectivity index (χ3v) is 7.27. The number of rotatable bonds is 1. The first-order valence-corrected chi connectivity index (χ1v) is 13.8. The third-order valence-electron chi connectivity index (χ3n) is 6.50. The van der Waals surface area contributed by atoms with E-state index in [1.807, 2.05) is 77.1 Å². The molecule has 1 atom stereocenters. The molecule has 5 rings (SSSR count). The Labute approximate surface area is 233 Å². The number of hydrogen-bond donors (Lipinski definition) is 1. The van der Waals surface area contributed by atoms with Crippen molar-refractivity contribution in [3.8, 4) is 17.1 Å². The predicted molar refractivity (Wildman–Crippen MR) is 151 cm³/mol. The average molecular weight is 548 g/mol. The number of carbonyl (C=O) groups excluding carboxylic acids is 2. The maximum atomic E-state index is 13.6. The largest absolute Gasteiger partial charge is 0.470 e. The van der Waals surface area contributed by atoms with Gasteiger partial charge in [-0.1, -0.05) is 24.3 Å². The zero-order chi connectivity index (χ0) is 27.7. The molecule has 0 spiro atoms. The highest BCUT2D eigenvalue weighted by molar-refractivity contribution is 8.00. The maximum Gasteiger partial charge on any atom is 0.410 e. The SMILES string of the molecule is Cc1cccc(C)c1-c1cc2nc(n1)NSc1cccc(c1)C(=O)N1CCN(C(=O)OC(C)(C)C)C[C@@H](C1)O2. The van der Waals surface area contributed by atoms with Gasteiger partial charge in [-0.3, -0.25) is 9.52 Å². The number of amides is 2. The van der Waals surface area contributed by atoms with Gasteiger partial charge in [0.25, 0.3) is 5.91 Å². The van der Waals surface area contributed by atoms with E-state index in [0.717, 1.165) is 27.3 Å². The maximum absolute atomic E-state index is 13.6. The van der Waals surface area contributed by atoms with Gasteiger partial charge in [-0.05, 0) is 75.9 Å². The predicted octanol–water partition coefficient (Wildman–Crippen LogP) is 5.33. The van der Waals surface area contributed by atoms with Crippen LogP contribution < -0.4 is 9.46 Å². The van der Waals surface area contributed by atoms with Gasteiger partial charge in [0.1, 0.15) is 11.7 Å². The Hall–Kier alpha value is -3.79. The first kappa shape index (κ1) is 26.8. The highest BCUT2D eigenvalue weighted by Crippen LogP contribution is 2.31. The summed E-state index contributed by atoms with van der Waals surface area (Å²) in [7, 11) is 0. The van der Waals surface area contributed by atoms with Crippen molar-refractivity contribution < 1.29 is 19.1 Å². The molecule has 39 heavy (non-hydrogen) atoms. The van der Waals surface area contributed by atoms with Crippen molar-refractivity contribution in [3.63, 3.8) is 0 Å². The zero-order valence-corrected chi connectivity index (χ0v) is 23.7. The lowest BCUT2D eigenvalue weighted by Gasteiger charge is -2.28. The van der Waals surface area contributed by atoms with Crippen molar-refractivity contribution in [2.45, 2.75) is 51.2 Å². The minimum absolute atomic E-state index is 0.120. The Kier molecular flexibility index (Phi) is 7.40. The Morgan fingerprint density at radius 2 is 1.79 bits per heavy atom. The van der Waals surface area contributed by atoms with Crippen LogP contribution in [0.3, 0.4) is 0 Å². The number of aromatic nitrogens is 2.